The van der Waals surface area contributed by atoms with Crippen molar-refractivity contribution in [1.82, 2.24) is 4.90 Å². The summed E-state index contributed by atoms with van der Waals surface area (Å²) in [6.07, 6.45) is 3.90. The second-order valence-corrected chi connectivity index (χ2v) is 7.97. The number of nitrogens with one attached hydrogen (secondary N) is 1. The number of hydrogen-bond acceptors (Lipinski definition) is 3. The zero-order valence-electron chi connectivity index (χ0n) is 17.9. The van der Waals surface area contributed by atoms with Crippen molar-refractivity contribution in [1.29, 1.82) is 0 Å². The Labute approximate surface area is 181 Å². The highest BCUT2D eigenvalue weighted by atomic mass is 19.1. The maximum Gasteiger partial charge on any atom is 0.256 e. The van der Waals surface area contributed by atoms with E-state index >= 15 is 0 Å². The van der Waals surface area contributed by atoms with Gasteiger partial charge in [-0.15, -0.1) is 0 Å². The molecule has 1 fully saturated rings. The Kier molecular flexibility index (Phi) is 7.74. The van der Waals surface area contributed by atoms with E-state index in [4.69, 9.17) is 4.74 Å². The van der Waals surface area contributed by atoms with Crippen LogP contribution in [-0.2, 0) is 16.0 Å². The molecular formula is C24H28F2N2O3. The summed E-state index contributed by atoms with van der Waals surface area (Å²) >= 11 is 0. The quantitative estimate of drug-likeness (QED) is 0.704. The molecule has 1 heterocycles. The molecule has 166 valence electrons. The molecule has 1 aliphatic rings. The second kappa shape index (κ2) is 10.5. The van der Waals surface area contributed by atoms with Crippen molar-refractivity contribution in [3.63, 3.8) is 0 Å². The molecule has 0 aromatic heterocycles. The number of anilines is 1. The van der Waals surface area contributed by atoms with Crippen LogP contribution in [0.15, 0.2) is 36.4 Å². The minimum atomic E-state index is -0.958. The van der Waals surface area contributed by atoms with Gasteiger partial charge in [-0.2, -0.15) is 0 Å². The molecule has 2 aromatic rings. The normalized spacial score (nSPS) is 16.1. The van der Waals surface area contributed by atoms with Gasteiger partial charge in [0, 0.05) is 26.3 Å². The number of halogens is 2. The molecular weight excluding hydrogens is 402 g/mol. The van der Waals surface area contributed by atoms with Crippen molar-refractivity contribution in [2.75, 3.05) is 25.5 Å². The van der Waals surface area contributed by atoms with Crippen LogP contribution in [0.4, 0.5) is 14.5 Å². The topological polar surface area (TPSA) is 58.6 Å². The predicted octanol–water partition coefficient (Wildman–Crippen LogP) is 4.49. The summed E-state index contributed by atoms with van der Waals surface area (Å²) in [6.45, 7) is 3.00. The molecule has 0 aliphatic carbocycles. The van der Waals surface area contributed by atoms with E-state index in [9.17, 15) is 18.4 Å². The first kappa shape index (κ1) is 22.9. The summed E-state index contributed by atoms with van der Waals surface area (Å²) in [6, 6.07) is 9.08. The molecule has 3 rings (SSSR count). The number of ether oxygens (including phenoxy) is 1. The average Bonchev–Trinajstić information content (AvgIpc) is 2.76. The Morgan fingerprint density at radius 1 is 1.16 bits per heavy atom. The van der Waals surface area contributed by atoms with Crippen LogP contribution in [0, 0.1) is 18.6 Å². The largest absolute Gasteiger partial charge is 0.378 e. The Morgan fingerprint density at radius 2 is 1.94 bits per heavy atom. The highest BCUT2D eigenvalue weighted by Gasteiger charge is 2.22. The van der Waals surface area contributed by atoms with Crippen molar-refractivity contribution in [2.24, 2.45) is 0 Å². The fourth-order valence-corrected chi connectivity index (χ4v) is 3.66. The number of hydrogen-bond donors (Lipinski definition) is 1. The third kappa shape index (κ3) is 6.10. The highest BCUT2D eigenvalue weighted by molar-refractivity contribution is 5.98. The molecule has 0 saturated carbocycles. The molecule has 1 saturated heterocycles. The Hall–Kier alpha value is -2.80. The summed E-state index contributed by atoms with van der Waals surface area (Å²) in [4.78, 5) is 26.5. The number of aryl methyl sites for hydroxylation is 1. The van der Waals surface area contributed by atoms with E-state index in [0.29, 0.717) is 19.0 Å². The van der Waals surface area contributed by atoms with Crippen molar-refractivity contribution < 1.29 is 23.1 Å². The van der Waals surface area contributed by atoms with Gasteiger partial charge in [-0.25, -0.2) is 8.78 Å². The first-order valence-electron chi connectivity index (χ1n) is 10.6. The highest BCUT2D eigenvalue weighted by Crippen LogP contribution is 2.22. The number of nitrogens with zero attached hydrogens (tertiary/aromatic N) is 1. The fourth-order valence-electron chi connectivity index (χ4n) is 3.66. The van der Waals surface area contributed by atoms with Crippen LogP contribution in [0.25, 0.3) is 0 Å². The molecule has 1 unspecified atom stereocenters. The van der Waals surface area contributed by atoms with Gasteiger partial charge in [0.15, 0.2) is 0 Å². The van der Waals surface area contributed by atoms with Gasteiger partial charge in [0.2, 0.25) is 5.91 Å². The van der Waals surface area contributed by atoms with E-state index in [1.165, 1.54) is 4.90 Å². The third-order valence-corrected chi connectivity index (χ3v) is 5.58. The van der Waals surface area contributed by atoms with Crippen LogP contribution in [0.5, 0.6) is 0 Å². The molecule has 2 aromatic carbocycles. The van der Waals surface area contributed by atoms with Crippen LogP contribution in [-0.4, -0.2) is 43.0 Å². The van der Waals surface area contributed by atoms with Gasteiger partial charge >= 0.3 is 0 Å². The number of rotatable bonds is 7. The lowest BCUT2D eigenvalue weighted by molar-refractivity contribution is -0.115. The van der Waals surface area contributed by atoms with Crippen LogP contribution in [0.1, 0.15) is 47.2 Å². The minimum absolute atomic E-state index is 0.0497. The Morgan fingerprint density at radius 3 is 2.65 bits per heavy atom. The predicted molar refractivity (Wildman–Crippen MR) is 115 cm³/mol. The van der Waals surface area contributed by atoms with Gasteiger partial charge in [0.05, 0.1) is 23.8 Å². The van der Waals surface area contributed by atoms with Crippen LogP contribution >= 0.6 is 0 Å². The van der Waals surface area contributed by atoms with Gasteiger partial charge in [-0.3, -0.25) is 9.59 Å². The number of carbonyl (C=O) groups excluding carboxylic acids is 2. The standard InChI is InChI=1S/C24H28F2N2O3/c1-16-7-3-4-8-17(16)13-23(29)27-22-14-19(20(25)15-21(22)26)24(30)28(2)11-10-18-9-5-6-12-31-18/h3-4,7-8,14-15,18H,5-6,9-13H2,1-2H3,(H,27,29). The van der Waals surface area contributed by atoms with Crippen LogP contribution in [0.3, 0.4) is 0 Å². The lowest BCUT2D eigenvalue weighted by atomic mass is 10.1. The second-order valence-electron chi connectivity index (χ2n) is 7.97. The SMILES string of the molecule is Cc1ccccc1CC(=O)Nc1cc(C(=O)N(C)CCC2CCCCO2)c(F)cc1F. The van der Waals surface area contributed by atoms with Gasteiger partial charge in [-0.1, -0.05) is 24.3 Å². The van der Waals surface area contributed by atoms with Gasteiger partial charge in [0.1, 0.15) is 11.6 Å². The van der Waals surface area contributed by atoms with E-state index in [2.05, 4.69) is 5.32 Å². The molecule has 31 heavy (non-hydrogen) atoms. The van der Waals surface area contributed by atoms with Crippen LogP contribution < -0.4 is 5.32 Å². The molecule has 7 heteroatoms. The van der Waals surface area contributed by atoms with E-state index < -0.39 is 23.4 Å². The summed E-state index contributed by atoms with van der Waals surface area (Å²) in [5, 5.41) is 2.46. The van der Waals surface area contributed by atoms with Crippen LogP contribution in [0.2, 0.25) is 0 Å². The summed E-state index contributed by atoms with van der Waals surface area (Å²) in [5.41, 5.74) is 1.26. The van der Waals surface area contributed by atoms with E-state index in [1.807, 2.05) is 31.2 Å². The monoisotopic (exact) mass is 430 g/mol. The van der Waals surface area contributed by atoms with Gasteiger partial charge in [-0.05, 0) is 49.8 Å². The van der Waals surface area contributed by atoms with Gasteiger partial charge in [0.25, 0.3) is 5.91 Å². The maximum absolute atomic E-state index is 14.3. The fraction of sp³-hybridized carbons (Fsp3) is 0.417. The Balaban J connectivity index is 1.67. The number of amides is 2. The summed E-state index contributed by atoms with van der Waals surface area (Å²) in [7, 11) is 1.57. The lowest BCUT2D eigenvalue weighted by Gasteiger charge is -2.25. The summed E-state index contributed by atoms with van der Waals surface area (Å²) in [5.74, 6) is -2.89. The maximum atomic E-state index is 14.3. The third-order valence-electron chi connectivity index (χ3n) is 5.58. The van der Waals surface area contributed by atoms with E-state index in [1.54, 1.807) is 7.05 Å². The van der Waals surface area contributed by atoms with Crippen molar-refractivity contribution in [3.05, 3.63) is 64.7 Å². The molecule has 0 spiro atoms. The molecule has 0 radical (unpaired) electrons. The molecule has 0 bridgehead atoms. The molecule has 1 atom stereocenters. The first-order chi connectivity index (χ1) is 14.8. The van der Waals surface area contributed by atoms with Crippen molar-refractivity contribution >= 4 is 17.5 Å². The number of benzene rings is 2. The molecule has 1 N–H and O–H groups in total. The molecule has 2 amide bonds. The zero-order valence-corrected chi connectivity index (χ0v) is 17.9. The van der Waals surface area contributed by atoms with Crippen molar-refractivity contribution in [2.45, 2.75) is 45.1 Å². The average molecular weight is 430 g/mol. The molecule has 5 nitrogen and oxygen atoms in total. The van der Waals surface area contributed by atoms with Crippen molar-refractivity contribution in [3.8, 4) is 0 Å². The molecule has 1 aliphatic heterocycles. The Bertz CT molecular complexity index is 942. The first-order valence-corrected chi connectivity index (χ1v) is 10.6. The zero-order chi connectivity index (χ0) is 22.4. The van der Waals surface area contributed by atoms with E-state index in [0.717, 1.165) is 43.1 Å². The lowest BCUT2D eigenvalue weighted by Crippen LogP contribution is -2.32. The smallest absolute Gasteiger partial charge is 0.256 e. The van der Waals surface area contributed by atoms with Gasteiger partial charge < -0.3 is 15.0 Å². The minimum Gasteiger partial charge on any atom is -0.378 e. The summed E-state index contributed by atoms with van der Waals surface area (Å²) < 4.78 is 34.3. The number of carbonyl (C=O) groups is 2. The van der Waals surface area contributed by atoms with E-state index in [-0.39, 0.29) is 23.8 Å².